The van der Waals surface area contributed by atoms with Crippen molar-refractivity contribution in [3.8, 4) is 5.75 Å². The molecule has 8 heteroatoms. The van der Waals surface area contributed by atoms with Crippen LogP contribution in [0.4, 0.5) is 5.69 Å². The lowest BCUT2D eigenvalue weighted by Crippen LogP contribution is -2.68. The molecule has 1 aliphatic rings. The highest BCUT2D eigenvalue weighted by Crippen LogP contribution is 2.47. The lowest BCUT2D eigenvalue weighted by atomic mass is 9.64. The zero-order valence-electron chi connectivity index (χ0n) is 20.4. The number of ketones is 1. The molecule has 0 N–H and O–H groups in total. The van der Waals surface area contributed by atoms with Crippen molar-refractivity contribution < 1.29 is 23.2 Å². The van der Waals surface area contributed by atoms with Crippen LogP contribution in [0.3, 0.4) is 0 Å². The first kappa shape index (κ1) is 25.4. The van der Waals surface area contributed by atoms with Crippen LogP contribution in [0.2, 0.25) is 13.1 Å². The predicted octanol–water partition coefficient (Wildman–Crippen LogP) is 3.19. The van der Waals surface area contributed by atoms with Gasteiger partial charge in [-0.2, -0.15) is 0 Å². The molecule has 1 aliphatic heterocycles. The summed E-state index contributed by atoms with van der Waals surface area (Å²) in [5.41, 5.74) is 0.880. The minimum absolute atomic E-state index is 0.0451. The second-order valence-electron chi connectivity index (χ2n) is 8.96. The number of carbonyl (C=O) groups excluding carboxylic acids is 2. The van der Waals surface area contributed by atoms with Crippen molar-refractivity contribution in [3.05, 3.63) is 60.2 Å². The molecule has 2 aromatic carbocycles. The zero-order chi connectivity index (χ0) is 24.2. The molecule has 1 fully saturated rings. The van der Waals surface area contributed by atoms with Gasteiger partial charge in [0.2, 0.25) is 5.91 Å². The molecule has 0 aliphatic carbocycles. The molecular weight excluding hydrogens is 450 g/mol. The third-order valence-corrected chi connectivity index (χ3v) is 8.05. The number of methoxy groups -OCH3 is 1. The van der Waals surface area contributed by atoms with Crippen LogP contribution in [0.25, 0.3) is 0 Å². The summed E-state index contributed by atoms with van der Waals surface area (Å²) in [7, 11) is 0.207. The normalized spacial score (nSPS) is 20.9. The number of carbonyl (C=O) groups is 2. The molecule has 0 bridgehead atoms. The van der Waals surface area contributed by atoms with Crippen molar-refractivity contribution in [1.29, 1.82) is 0 Å². The van der Waals surface area contributed by atoms with Gasteiger partial charge in [-0.3, -0.25) is 9.59 Å². The van der Waals surface area contributed by atoms with Crippen LogP contribution in [0, 0.1) is 17.3 Å². The van der Waals surface area contributed by atoms with Gasteiger partial charge in [0.15, 0.2) is 25.3 Å². The highest BCUT2D eigenvalue weighted by Gasteiger charge is 2.58. The number of amides is 1. The van der Waals surface area contributed by atoms with E-state index in [4.69, 9.17) is 13.6 Å². The smallest absolute Gasteiger partial charge is 0.233 e. The Labute approximate surface area is 201 Å². The van der Waals surface area contributed by atoms with Crippen molar-refractivity contribution in [3.63, 3.8) is 0 Å². The summed E-state index contributed by atoms with van der Waals surface area (Å²) < 4.78 is 17.4. The summed E-state index contributed by atoms with van der Waals surface area (Å²) >= 11 is 0. The Balaban J connectivity index is 1.98. The van der Waals surface area contributed by atoms with Gasteiger partial charge in [-0.05, 0) is 30.2 Å². The van der Waals surface area contributed by atoms with Crippen LogP contribution < -0.4 is 9.64 Å². The number of ether oxygens (including phenoxy) is 1. The second-order valence-corrected chi connectivity index (χ2v) is 10.8. The quantitative estimate of drug-likeness (QED) is 0.212. The largest absolute Gasteiger partial charge is 0.497 e. The predicted molar refractivity (Wildman–Crippen MR) is 136 cm³/mol. The first-order valence-corrected chi connectivity index (χ1v) is 15.6. The Morgan fingerprint density at radius 2 is 1.58 bits per heavy atom. The molecule has 178 valence electrons. The van der Waals surface area contributed by atoms with E-state index in [9.17, 15) is 9.59 Å². The Morgan fingerprint density at radius 1 is 1.00 bits per heavy atom. The average Bonchev–Trinajstić information content (AvgIpc) is 2.82. The van der Waals surface area contributed by atoms with Crippen LogP contribution in [-0.2, 0) is 13.6 Å². The fourth-order valence-corrected chi connectivity index (χ4v) is 6.39. The molecule has 1 saturated heterocycles. The number of β-lactam (4-membered cyclic amide) rings is 1. The molecule has 33 heavy (non-hydrogen) atoms. The molecule has 2 aromatic rings. The highest BCUT2D eigenvalue weighted by atomic mass is 28.2. The van der Waals surface area contributed by atoms with Crippen molar-refractivity contribution in [1.82, 2.24) is 0 Å². The van der Waals surface area contributed by atoms with E-state index in [1.165, 1.54) is 0 Å². The van der Waals surface area contributed by atoms with E-state index in [0.29, 0.717) is 17.0 Å². The summed E-state index contributed by atoms with van der Waals surface area (Å²) in [6.07, 6.45) is -0.351. The van der Waals surface area contributed by atoms with Gasteiger partial charge >= 0.3 is 0 Å². The summed E-state index contributed by atoms with van der Waals surface area (Å²) in [5, 5.41) is 0. The summed E-state index contributed by atoms with van der Waals surface area (Å²) in [4.78, 5) is 28.9. The number of nitrogens with zero attached hydrogens (tertiary/aromatic N) is 1. The van der Waals surface area contributed by atoms with E-state index in [1.807, 2.05) is 61.5 Å². The van der Waals surface area contributed by atoms with Crippen molar-refractivity contribution in [2.45, 2.75) is 46.2 Å². The van der Waals surface area contributed by atoms with E-state index in [1.54, 1.807) is 12.0 Å². The monoisotopic (exact) mass is 485 g/mol. The number of Topliss-reactive ketones (excluding diaryl/α,β-unsaturated/α-hetero) is 1. The van der Waals surface area contributed by atoms with Crippen molar-refractivity contribution >= 4 is 36.9 Å². The minimum atomic E-state index is -0.697. The minimum Gasteiger partial charge on any atom is -0.497 e. The topological polar surface area (TPSA) is 65.1 Å². The molecule has 0 spiro atoms. The van der Waals surface area contributed by atoms with E-state index < -0.39 is 36.9 Å². The number of benzene rings is 2. The Bertz CT molecular complexity index is 945. The van der Waals surface area contributed by atoms with Crippen LogP contribution in [0.15, 0.2) is 54.6 Å². The maximum absolute atomic E-state index is 13.7. The first-order valence-electron chi connectivity index (χ1n) is 11.6. The average molecular weight is 486 g/mol. The van der Waals surface area contributed by atoms with Crippen LogP contribution in [0.5, 0.6) is 5.75 Å². The Morgan fingerprint density at radius 3 is 2.09 bits per heavy atom. The Hall–Kier alpha value is -2.27. The second kappa shape index (κ2) is 10.8. The molecule has 3 rings (SSSR count). The van der Waals surface area contributed by atoms with E-state index >= 15 is 0 Å². The fraction of sp³-hybridized carbons (Fsp3) is 0.440. The van der Waals surface area contributed by atoms with Gasteiger partial charge < -0.3 is 18.5 Å². The van der Waals surface area contributed by atoms with E-state index in [0.717, 1.165) is 0 Å². The molecule has 0 radical (unpaired) electrons. The van der Waals surface area contributed by atoms with Gasteiger partial charge in [0, 0.05) is 16.7 Å². The van der Waals surface area contributed by atoms with E-state index in [2.05, 4.69) is 26.9 Å². The number of anilines is 1. The number of hydrogen-bond acceptors (Lipinski definition) is 5. The lowest BCUT2D eigenvalue weighted by Gasteiger charge is -2.53. The molecule has 0 aromatic heterocycles. The first-order chi connectivity index (χ1) is 15.8. The van der Waals surface area contributed by atoms with E-state index in [-0.39, 0.29) is 23.9 Å². The molecule has 6 nitrogen and oxygen atoms in total. The van der Waals surface area contributed by atoms with Crippen LogP contribution >= 0.6 is 0 Å². The molecular formula is C25H35NO5Si2. The Kier molecular flexibility index (Phi) is 8.28. The maximum atomic E-state index is 13.7. The maximum Gasteiger partial charge on any atom is 0.233 e. The molecule has 3 atom stereocenters. The summed E-state index contributed by atoms with van der Waals surface area (Å²) in [5.74, 6) is 0.0289. The SMILES string of the molecule is COc1ccc(N2C(=O)[C@H](C(C)C(C)(C)C(O[SiH2]C)O[SiH2]C)[C@@H]2C(=O)c2ccccc2)cc1. The van der Waals surface area contributed by atoms with Crippen LogP contribution in [-0.4, -0.2) is 50.7 Å². The van der Waals surface area contributed by atoms with Crippen molar-refractivity contribution in [2.75, 3.05) is 12.0 Å². The number of rotatable bonds is 11. The van der Waals surface area contributed by atoms with Crippen LogP contribution in [0.1, 0.15) is 31.1 Å². The van der Waals surface area contributed by atoms with Gasteiger partial charge in [0.05, 0.1) is 13.0 Å². The number of hydrogen-bond donors (Lipinski definition) is 0. The zero-order valence-corrected chi connectivity index (χ0v) is 23.2. The lowest BCUT2D eigenvalue weighted by molar-refractivity contribution is -0.144. The highest BCUT2D eigenvalue weighted by molar-refractivity contribution is 6.26. The van der Waals surface area contributed by atoms with Gasteiger partial charge in [-0.25, -0.2) is 0 Å². The molecule has 1 heterocycles. The molecule has 1 unspecified atom stereocenters. The van der Waals surface area contributed by atoms with Crippen molar-refractivity contribution in [2.24, 2.45) is 17.3 Å². The molecule has 1 amide bonds. The third kappa shape index (κ3) is 4.98. The summed E-state index contributed by atoms with van der Waals surface area (Å²) in [6.45, 7) is 10.4. The van der Waals surface area contributed by atoms with Gasteiger partial charge in [0.25, 0.3) is 0 Å². The van der Waals surface area contributed by atoms with Gasteiger partial charge in [0.1, 0.15) is 18.1 Å². The van der Waals surface area contributed by atoms with Gasteiger partial charge in [-0.15, -0.1) is 0 Å². The molecule has 0 saturated carbocycles. The summed E-state index contributed by atoms with van der Waals surface area (Å²) in [6, 6.07) is 15.9. The third-order valence-electron chi connectivity index (χ3n) is 6.77. The fourth-order valence-electron chi connectivity index (χ4n) is 4.54. The standard InChI is InChI=1S/C25H35NO5Si2/c1-16(25(2,3)24(30-32-5)31-33-6)20-21(22(27)17-10-8-7-9-11-17)26(23(20)28)18-12-14-19(29-4)15-13-18/h7-16,20-21,24H,32-33H2,1-6H3/t16?,20-,21-/m1/s1. The van der Waals surface area contributed by atoms with Gasteiger partial charge in [-0.1, -0.05) is 64.2 Å².